The molecular formula is C20H21FN2O2. The Morgan fingerprint density at radius 2 is 1.84 bits per heavy atom. The summed E-state index contributed by atoms with van der Waals surface area (Å²) in [6.45, 7) is 2.94. The number of benzene rings is 2. The lowest BCUT2D eigenvalue weighted by atomic mass is 9.96. The third kappa shape index (κ3) is 4.05. The van der Waals surface area contributed by atoms with Gasteiger partial charge in [-0.05, 0) is 55.7 Å². The molecule has 1 fully saturated rings. The van der Waals surface area contributed by atoms with Crippen molar-refractivity contribution >= 4 is 17.5 Å². The van der Waals surface area contributed by atoms with Gasteiger partial charge in [-0.3, -0.25) is 9.59 Å². The van der Waals surface area contributed by atoms with Crippen LogP contribution in [0.3, 0.4) is 0 Å². The number of anilines is 1. The summed E-state index contributed by atoms with van der Waals surface area (Å²) in [4.78, 5) is 26.8. The second-order valence-corrected chi connectivity index (χ2v) is 6.40. The molecule has 2 amide bonds. The van der Waals surface area contributed by atoms with E-state index in [9.17, 15) is 14.0 Å². The standard InChI is InChI=1S/C20H21FN2O2/c1-14-5-2-3-7-18(14)22-19(24)16-6-4-12-23(13-16)20(25)15-8-10-17(21)11-9-15/h2-3,5,7-11,16H,4,6,12-13H2,1H3,(H,22,24). The van der Waals surface area contributed by atoms with E-state index in [1.54, 1.807) is 4.90 Å². The number of nitrogens with zero attached hydrogens (tertiary/aromatic N) is 1. The Morgan fingerprint density at radius 3 is 2.56 bits per heavy atom. The lowest BCUT2D eigenvalue weighted by Gasteiger charge is -2.32. The van der Waals surface area contributed by atoms with Crippen LogP contribution in [0.4, 0.5) is 10.1 Å². The molecule has 2 aromatic carbocycles. The molecular weight excluding hydrogens is 319 g/mol. The van der Waals surface area contributed by atoms with Crippen LogP contribution >= 0.6 is 0 Å². The van der Waals surface area contributed by atoms with Gasteiger partial charge in [-0.2, -0.15) is 0 Å². The molecule has 1 atom stereocenters. The van der Waals surface area contributed by atoms with Gasteiger partial charge in [-0.25, -0.2) is 4.39 Å². The van der Waals surface area contributed by atoms with Gasteiger partial charge >= 0.3 is 0 Å². The van der Waals surface area contributed by atoms with Crippen molar-refractivity contribution in [2.75, 3.05) is 18.4 Å². The molecule has 4 nitrogen and oxygen atoms in total. The second kappa shape index (κ2) is 7.47. The van der Waals surface area contributed by atoms with Crippen molar-refractivity contribution in [2.45, 2.75) is 19.8 Å². The third-order valence-electron chi connectivity index (χ3n) is 4.57. The molecule has 0 bridgehead atoms. The van der Waals surface area contributed by atoms with Gasteiger partial charge in [0.25, 0.3) is 5.91 Å². The van der Waals surface area contributed by atoms with E-state index in [1.165, 1.54) is 24.3 Å². The molecule has 130 valence electrons. The first-order valence-corrected chi connectivity index (χ1v) is 8.46. The van der Waals surface area contributed by atoms with Crippen LogP contribution in [-0.4, -0.2) is 29.8 Å². The van der Waals surface area contributed by atoms with Gasteiger partial charge in [-0.15, -0.1) is 0 Å². The first-order valence-electron chi connectivity index (χ1n) is 8.46. The molecule has 1 aliphatic rings. The molecule has 1 N–H and O–H groups in total. The first-order chi connectivity index (χ1) is 12.0. The van der Waals surface area contributed by atoms with Gasteiger partial charge in [0, 0.05) is 24.3 Å². The summed E-state index contributed by atoms with van der Waals surface area (Å²) in [5.74, 6) is -0.831. The molecule has 5 heteroatoms. The van der Waals surface area contributed by atoms with Crippen LogP contribution in [0.5, 0.6) is 0 Å². The molecule has 1 unspecified atom stereocenters. The summed E-state index contributed by atoms with van der Waals surface area (Å²) in [6.07, 6.45) is 1.53. The second-order valence-electron chi connectivity index (χ2n) is 6.40. The van der Waals surface area contributed by atoms with Crippen molar-refractivity contribution in [2.24, 2.45) is 5.92 Å². The maximum absolute atomic E-state index is 13.0. The monoisotopic (exact) mass is 340 g/mol. The topological polar surface area (TPSA) is 49.4 Å². The number of nitrogens with one attached hydrogen (secondary N) is 1. The van der Waals surface area contributed by atoms with Crippen LogP contribution in [-0.2, 0) is 4.79 Å². The molecule has 1 aliphatic heterocycles. The number of carbonyl (C=O) groups is 2. The molecule has 2 aromatic rings. The molecule has 0 radical (unpaired) electrons. The van der Waals surface area contributed by atoms with Crippen LogP contribution in [0.15, 0.2) is 48.5 Å². The first kappa shape index (κ1) is 17.1. The fraction of sp³-hybridized carbons (Fsp3) is 0.300. The number of aryl methyl sites for hydroxylation is 1. The van der Waals surface area contributed by atoms with Crippen LogP contribution in [0.2, 0.25) is 0 Å². The highest BCUT2D eigenvalue weighted by Crippen LogP contribution is 2.22. The number of halogens is 1. The van der Waals surface area contributed by atoms with E-state index < -0.39 is 0 Å². The van der Waals surface area contributed by atoms with Crippen molar-refractivity contribution in [1.29, 1.82) is 0 Å². The van der Waals surface area contributed by atoms with Gasteiger partial charge in [0.2, 0.25) is 5.91 Å². The minimum Gasteiger partial charge on any atom is -0.338 e. The quantitative estimate of drug-likeness (QED) is 0.928. The van der Waals surface area contributed by atoms with Gasteiger partial charge in [0.1, 0.15) is 5.82 Å². The van der Waals surface area contributed by atoms with Gasteiger partial charge in [-0.1, -0.05) is 18.2 Å². The average Bonchev–Trinajstić information content (AvgIpc) is 2.64. The van der Waals surface area contributed by atoms with E-state index in [0.717, 1.165) is 24.1 Å². The molecule has 3 rings (SSSR count). The fourth-order valence-electron chi connectivity index (χ4n) is 3.10. The number of hydrogen-bond acceptors (Lipinski definition) is 2. The molecule has 0 aromatic heterocycles. The van der Waals surface area contributed by atoms with E-state index in [-0.39, 0.29) is 23.5 Å². The highest BCUT2D eigenvalue weighted by Gasteiger charge is 2.29. The number of hydrogen-bond donors (Lipinski definition) is 1. The van der Waals surface area contributed by atoms with Crippen LogP contribution in [0, 0.1) is 18.7 Å². The summed E-state index contributed by atoms with van der Waals surface area (Å²) in [5, 5.41) is 2.96. The Morgan fingerprint density at radius 1 is 1.12 bits per heavy atom. The molecule has 25 heavy (non-hydrogen) atoms. The Hall–Kier alpha value is -2.69. The van der Waals surface area contributed by atoms with E-state index in [2.05, 4.69) is 5.32 Å². The number of likely N-dealkylation sites (tertiary alicyclic amines) is 1. The molecule has 0 saturated carbocycles. The summed E-state index contributed by atoms with van der Waals surface area (Å²) < 4.78 is 13.0. The lowest BCUT2D eigenvalue weighted by molar-refractivity contribution is -0.121. The third-order valence-corrected chi connectivity index (χ3v) is 4.57. The number of rotatable bonds is 3. The smallest absolute Gasteiger partial charge is 0.253 e. The summed E-state index contributed by atoms with van der Waals surface area (Å²) in [7, 11) is 0. The SMILES string of the molecule is Cc1ccccc1NC(=O)C1CCCN(C(=O)c2ccc(F)cc2)C1. The Bertz CT molecular complexity index is 774. The highest BCUT2D eigenvalue weighted by atomic mass is 19.1. The number of carbonyl (C=O) groups excluding carboxylic acids is 2. The zero-order valence-electron chi connectivity index (χ0n) is 14.2. The zero-order chi connectivity index (χ0) is 17.8. The van der Waals surface area contributed by atoms with Crippen LogP contribution in [0.1, 0.15) is 28.8 Å². The van der Waals surface area contributed by atoms with Crippen LogP contribution in [0.25, 0.3) is 0 Å². The van der Waals surface area contributed by atoms with Crippen molar-refractivity contribution in [1.82, 2.24) is 4.90 Å². The Labute approximate surface area is 146 Å². The van der Waals surface area contributed by atoms with E-state index in [4.69, 9.17) is 0 Å². The maximum Gasteiger partial charge on any atom is 0.253 e. The van der Waals surface area contributed by atoms with Gasteiger partial charge in [0.15, 0.2) is 0 Å². The Kier molecular flexibility index (Phi) is 5.12. The summed E-state index contributed by atoms with van der Waals surface area (Å²) in [6, 6.07) is 13.1. The number of para-hydroxylation sites is 1. The maximum atomic E-state index is 13.0. The van der Waals surface area contributed by atoms with Crippen molar-refractivity contribution in [3.63, 3.8) is 0 Å². The van der Waals surface area contributed by atoms with Crippen molar-refractivity contribution < 1.29 is 14.0 Å². The minimum absolute atomic E-state index is 0.0640. The molecule has 1 saturated heterocycles. The molecule has 1 heterocycles. The predicted molar refractivity (Wildman–Crippen MR) is 94.8 cm³/mol. The Balaban J connectivity index is 1.66. The highest BCUT2D eigenvalue weighted by molar-refractivity contribution is 5.96. The summed E-state index contributed by atoms with van der Waals surface area (Å²) >= 11 is 0. The van der Waals surface area contributed by atoms with Crippen LogP contribution < -0.4 is 5.32 Å². The molecule has 0 aliphatic carbocycles. The largest absolute Gasteiger partial charge is 0.338 e. The van der Waals surface area contributed by atoms with E-state index in [1.807, 2.05) is 31.2 Å². The molecule has 0 spiro atoms. The van der Waals surface area contributed by atoms with E-state index in [0.29, 0.717) is 18.7 Å². The van der Waals surface area contributed by atoms with Gasteiger partial charge in [0.05, 0.1) is 5.92 Å². The number of amides is 2. The zero-order valence-corrected chi connectivity index (χ0v) is 14.2. The number of piperidine rings is 1. The normalized spacial score (nSPS) is 17.2. The fourth-order valence-corrected chi connectivity index (χ4v) is 3.10. The predicted octanol–water partition coefficient (Wildman–Crippen LogP) is 3.63. The van der Waals surface area contributed by atoms with Gasteiger partial charge < -0.3 is 10.2 Å². The van der Waals surface area contributed by atoms with Crippen molar-refractivity contribution in [3.8, 4) is 0 Å². The minimum atomic E-state index is -0.370. The summed E-state index contributed by atoms with van der Waals surface area (Å²) in [5.41, 5.74) is 2.25. The van der Waals surface area contributed by atoms with Crippen molar-refractivity contribution in [3.05, 3.63) is 65.5 Å². The lowest BCUT2D eigenvalue weighted by Crippen LogP contribution is -2.43. The average molecular weight is 340 g/mol. The van der Waals surface area contributed by atoms with E-state index >= 15 is 0 Å².